The Balaban J connectivity index is 2.42. The van der Waals surface area contributed by atoms with Gasteiger partial charge in [0.05, 0.1) is 12.5 Å². The van der Waals surface area contributed by atoms with Crippen LogP contribution < -0.4 is 5.32 Å². The Morgan fingerprint density at radius 3 is 2.69 bits per heavy atom. The average Bonchev–Trinajstić information content (AvgIpc) is 2.04. The number of hydrogen-bond donors (Lipinski definition) is 1. The Hall–Kier alpha value is -0.290. The second-order valence-electron chi connectivity index (χ2n) is 3.37. The van der Waals surface area contributed by atoms with E-state index in [9.17, 15) is 13.2 Å². The van der Waals surface area contributed by atoms with Gasteiger partial charge in [-0.3, -0.25) is 0 Å². The van der Waals surface area contributed by atoms with Crippen molar-refractivity contribution in [2.45, 2.75) is 25.1 Å². The van der Waals surface area contributed by atoms with E-state index in [2.05, 4.69) is 5.32 Å². The quantitative estimate of drug-likeness (QED) is 0.725. The molecule has 0 saturated carbocycles. The van der Waals surface area contributed by atoms with Crippen LogP contribution in [0.25, 0.3) is 0 Å². The van der Waals surface area contributed by atoms with Crippen molar-refractivity contribution in [3.63, 3.8) is 0 Å². The maximum Gasteiger partial charge on any atom is 0.391 e. The standard InChI is InChI=1S/C8H14F3NO/c1-13-5-7-4-6(2-3-12-7)8(9,10)11/h6-7,12H,2-5H2,1H3. The second-order valence-corrected chi connectivity index (χ2v) is 3.37. The van der Waals surface area contributed by atoms with Crippen LogP contribution in [-0.4, -0.2) is 32.5 Å². The van der Waals surface area contributed by atoms with Gasteiger partial charge >= 0.3 is 6.18 Å². The highest BCUT2D eigenvalue weighted by Crippen LogP contribution is 2.33. The molecule has 0 spiro atoms. The molecule has 2 nitrogen and oxygen atoms in total. The molecule has 2 atom stereocenters. The van der Waals surface area contributed by atoms with Gasteiger partial charge in [-0.1, -0.05) is 0 Å². The predicted octanol–water partition coefficient (Wildman–Crippen LogP) is 1.56. The average molecular weight is 197 g/mol. The summed E-state index contributed by atoms with van der Waals surface area (Å²) >= 11 is 0. The summed E-state index contributed by atoms with van der Waals surface area (Å²) in [5.41, 5.74) is 0. The molecule has 0 amide bonds. The van der Waals surface area contributed by atoms with Gasteiger partial charge in [0.2, 0.25) is 0 Å². The lowest BCUT2D eigenvalue weighted by molar-refractivity contribution is -0.183. The van der Waals surface area contributed by atoms with Gasteiger partial charge in [0.15, 0.2) is 0 Å². The number of alkyl halides is 3. The summed E-state index contributed by atoms with van der Waals surface area (Å²) in [6.45, 7) is 0.783. The molecule has 2 unspecified atom stereocenters. The van der Waals surface area contributed by atoms with Crippen molar-refractivity contribution in [1.82, 2.24) is 5.32 Å². The first-order chi connectivity index (χ1) is 6.04. The smallest absolute Gasteiger partial charge is 0.383 e. The molecule has 1 aliphatic rings. The monoisotopic (exact) mass is 197 g/mol. The molecule has 1 rings (SSSR count). The summed E-state index contributed by atoms with van der Waals surface area (Å²) in [5, 5.41) is 3.00. The molecule has 78 valence electrons. The van der Waals surface area contributed by atoms with Crippen LogP contribution in [0.3, 0.4) is 0 Å². The number of nitrogens with one attached hydrogen (secondary N) is 1. The largest absolute Gasteiger partial charge is 0.391 e. The summed E-state index contributed by atoms with van der Waals surface area (Å²) in [5.74, 6) is -1.16. The number of halogens is 3. The third kappa shape index (κ3) is 3.15. The van der Waals surface area contributed by atoms with Gasteiger partial charge in [-0.2, -0.15) is 13.2 Å². The Bertz CT molecular complexity index is 158. The summed E-state index contributed by atoms with van der Waals surface area (Å²) in [4.78, 5) is 0. The van der Waals surface area contributed by atoms with Gasteiger partial charge in [-0.05, 0) is 19.4 Å². The zero-order valence-electron chi connectivity index (χ0n) is 7.53. The molecule has 5 heteroatoms. The van der Waals surface area contributed by atoms with E-state index in [-0.39, 0.29) is 18.9 Å². The highest BCUT2D eigenvalue weighted by Gasteiger charge is 2.41. The first kappa shape index (κ1) is 10.8. The Labute approximate surface area is 75.4 Å². The van der Waals surface area contributed by atoms with Gasteiger partial charge in [0, 0.05) is 13.2 Å². The Morgan fingerprint density at radius 2 is 2.15 bits per heavy atom. The lowest BCUT2D eigenvalue weighted by Crippen LogP contribution is -2.44. The molecular formula is C8H14F3NO. The van der Waals surface area contributed by atoms with Gasteiger partial charge in [0.25, 0.3) is 0 Å². The number of hydrogen-bond acceptors (Lipinski definition) is 2. The van der Waals surface area contributed by atoms with E-state index in [1.807, 2.05) is 0 Å². The summed E-state index contributed by atoms with van der Waals surface area (Å²) in [7, 11) is 1.50. The fourth-order valence-corrected chi connectivity index (χ4v) is 1.63. The van der Waals surface area contributed by atoms with E-state index in [1.54, 1.807) is 0 Å². The Morgan fingerprint density at radius 1 is 1.46 bits per heavy atom. The van der Waals surface area contributed by atoms with Crippen LogP contribution in [0.1, 0.15) is 12.8 Å². The number of piperidine rings is 1. The molecule has 0 aromatic heterocycles. The van der Waals surface area contributed by atoms with Crippen molar-refractivity contribution in [1.29, 1.82) is 0 Å². The van der Waals surface area contributed by atoms with Crippen LogP contribution in [0.2, 0.25) is 0 Å². The maximum atomic E-state index is 12.3. The van der Waals surface area contributed by atoms with E-state index >= 15 is 0 Å². The van der Waals surface area contributed by atoms with E-state index in [1.165, 1.54) is 7.11 Å². The minimum Gasteiger partial charge on any atom is -0.383 e. The van der Waals surface area contributed by atoms with Crippen molar-refractivity contribution in [3.05, 3.63) is 0 Å². The van der Waals surface area contributed by atoms with Crippen LogP contribution >= 0.6 is 0 Å². The molecule has 1 aliphatic heterocycles. The first-order valence-electron chi connectivity index (χ1n) is 4.33. The minimum absolute atomic E-state index is 0.136. The third-order valence-corrected chi connectivity index (χ3v) is 2.33. The van der Waals surface area contributed by atoms with Crippen molar-refractivity contribution >= 4 is 0 Å². The van der Waals surface area contributed by atoms with Crippen LogP contribution in [0.4, 0.5) is 13.2 Å². The van der Waals surface area contributed by atoms with Gasteiger partial charge < -0.3 is 10.1 Å². The third-order valence-electron chi connectivity index (χ3n) is 2.33. The Kier molecular flexibility index (Phi) is 3.55. The van der Waals surface area contributed by atoms with Gasteiger partial charge in [-0.25, -0.2) is 0 Å². The number of methoxy groups -OCH3 is 1. The first-order valence-corrected chi connectivity index (χ1v) is 4.33. The minimum atomic E-state index is -4.05. The lowest BCUT2D eigenvalue weighted by Gasteiger charge is -2.31. The van der Waals surface area contributed by atoms with Crippen molar-refractivity contribution in [3.8, 4) is 0 Å². The maximum absolute atomic E-state index is 12.3. The van der Waals surface area contributed by atoms with E-state index in [0.717, 1.165) is 0 Å². The molecule has 1 heterocycles. The molecule has 0 bridgehead atoms. The van der Waals surface area contributed by atoms with Gasteiger partial charge in [0.1, 0.15) is 0 Å². The molecule has 0 aliphatic carbocycles. The van der Waals surface area contributed by atoms with Crippen LogP contribution in [0.15, 0.2) is 0 Å². The molecule has 0 aromatic rings. The molecule has 1 fully saturated rings. The molecule has 13 heavy (non-hydrogen) atoms. The zero-order valence-corrected chi connectivity index (χ0v) is 7.53. The highest BCUT2D eigenvalue weighted by molar-refractivity contribution is 4.81. The van der Waals surface area contributed by atoms with E-state index in [0.29, 0.717) is 13.2 Å². The highest BCUT2D eigenvalue weighted by atomic mass is 19.4. The van der Waals surface area contributed by atoms with Crippen molar-refractivity contribution < 1.29 is 17.9 Å². The van der Waals surface area contributed by atoms with E-state index in [4.69, 9.17) is 4.74 Å². The number of rotatable bonds is 2. The fraction of sp³-hybridized carbons (Fsp3) is 1.00. The fourth-order valence-electron chi connectivity index (χ4n) is 1.63. The molecule has 0 radical (unpaired) electrons. The topological polar surface area (TPSA) is 21.3 Å². The van der Waals surface area contributed by atoms with Gasteiger partial charge in [-0.15, -0.1) is 0 Å². The lowest BCUT2D eigenvalue weighted by atomic mass is 9.92. The summed E-state index contributed by atoms with van der Waals surface area (Å²) in [6.07, 6.45) is -3.73. The van der Waals surface area contributed by atoms with Crippen molar-refractivity contribution in [2.24, 2.45) is 5.92 Å². The van der Waals surface area contributed by atoms with Crippen LogP contribution in [-0.2, 0) is 4.74 Å². The van der Waals surface area contributed by atoms with E-state index < -0.39 is 12.1 Å². The summed E-state index contributed by atoms with van der Waals surface area (Å²) < 4.78 is 41.7. The molecule has 1 N–H and O–H groups in total. The molecule has 0 aromatic carbocycles. The molecular weight excluding hydrogens is 183 g/mol. The number of ether oxygens (including phenoxy) is 1. The van der Waals surface area contributed by atoms with Crippen molar-refractivity contribution in [2.75, 3.05) is 20.3 Å². The van der Waals surface area contributed by atoms with Crippen LogP contribution in [0.5, 0.6) is 0 Å². The predicted molar refractivity (Wildman–Crippen MR) is 42.4 cm³/mol. The molecule has 1 saturated heterocycles. The summed E-state index contributed by atoms with van der Waals surface area (Å²) in [6, 6.07) is -0.148. The normalized spacial score (nSPS) is 30.5. The second kappa shape index (κ2) is 4.28. The zero-order chi connectivity index (χ0) is 9.90. The SMILES string of the molecule is COCC1CC(C(F)(F)F)CCN1. The van der Waals surface area contributed by atoms with Crippen LogP contribution in [0, 0.1) is 5.92 Å².